The third-order valence-electron chi connectivity index (χ3n) is 2.89. The van der Waals surface area contributed by atoms with Crippen molar-refractivity contribution in [2.45, 2.75) is 31.7 Å². The van der Waals surface area contributed by atoms with Gasteiger partial charge in [0.15, 0.2) is 5.82 Å². The van der Waals surface area contributed by atoms with Crippen LogP contribution in [0.15, 0.2) is 12.3 Å². The highest BCUT2D eigenvalue weighted by molar-refractivity contribution is 6.30. The van der Waals surface area contributed by atoms with Crippen LogP contribution in [0.2, 0.25) is 5.02 Å². The largest absolute Gasteiger partial charge is 0.476 e. The predicted octanol–water partition coefficient (Wildman–Crippen LogP) is 2.79. The highest BCUT2D eigenvalue weighted by Crippen LogP contribution is 2.18. The Kier molecular flexibility index (Phi) is 4.57. The summed E-state index contributed by atoms with van der Waals surface area (Å²) in [5, 5.41) is 3.70. The van der Waals surface area contributed by atoms with Crippen molar-refractivity contribution in [2.75, 3.05) is 13.2 Å². The van der Waals surface area contributed by atoms with Gasteiger partial charge in [-0.25, -0.2) is 9.37 Å². The van der Waals surface area contributed by atoms with Gasteiger partial charge >= 0.3 is 0 Å². The Morgan fingerprint density at radius 1 is 1.53 bits per heavy atom. The average molecular weight is 259 g/mol. The van der Waals surface area contributed by atoms with Gasteiger partial charge in [-0.15, -0.1) is 0 Å². The number of nitrogens with zero attached hydrogens (tertiary/aromatic N) is 1. The molecule has 1 aliphatic rings. The maximum atomic E-state index is 13.3. The van der Waals surface area contributed by atoms with Crippen LogP contribution >= 0.6 is 11.6 Å². The maximum Gasteiger partial charge on any atom is 0.250 e. The third kappa shape index (κ3) is 3.82. The molecule has 1 aromatic heterocycles. The number of hydrogen-bond donors (Lipinski definition) is 1. The Morgan fingerprint density at radius 2 is 2.41 bits per heavy atom. The minimum absolute atomic E-state index is 0.0326. The summed E-state index contributed by atoms with van der Waals surface area (Å²) in [6, 6.07) is 1.70. The van der Waals surface area contributed by atoms with Crippen molar-refractivity contribution in [1.82, 2.24) is 10.3 Å². The number of hydrogen-bond acceptors (Lipinski definition) is 3. The van der Waals surface area contributed by atoms with Gasteiger partial charge in [-0.1, -0.05) is 18.0 Å². The van der Waals surface area contributed by atoms with E-state index in [0.29, 0.717) is 12.6 Å². The van der Waals surface area contributed by atoms with Crippen LogP contribution in [0.5, 0.6) is 5.88 Å². The van der Waals surface area contributed by atoms with Gasteiger partial charge in [0.1, 0.15) is 0 Å². The first-order valence-corrected chi connectivity index (χ1v) is 6.31. The van der Waals surface area contributed by atoms with Crippen molar-refractivity contribution in [1.29, 1.82) is 0 Å². The molecule has 1 unspecified atom stereocenters. The molecule has 2 rings (SSSR count). The number of pyridine rings is 1. The van der Waals surface area contributed by atoms with Crippen LogP contribution in [0.25, 0.3) is 0 Å². The molecule has 0 radical (unpaired) electrons. The number of piperidine rings is 1. The lowest BCUT2D eigenvalue weighted by Crippen LogP contribution is -2.35. The lowest BCUT2D eigenvalue weighted by molar-refractivity contribution is 0.250. The van der Waals surface area contributed by atoms with Gasteiger partial charge in [-0.3, -0.25) is 0 Å². The predicted molar refractivity (Wildman–Crippen MR) is 65.0 cm³/mol. The molecule has 17 heavy (non-hydrogen) atoms. The summed E-state index contributed by atoms with van der Waals surface area (Å²) in [5.41, 5.74) is 0. The lowest BCUT2D eigenvalue weighted by atomic mass is 10.0. The second-order valence-corrected chi connectivity index (χ2v) is 4.66. The van der Waals surface area contributed by atoms with E-state index < -0.39 is 5.82 Å². The van der Waals surface area contributed by atoms with Gasteiger partial charge in [0.05, 0.1) is 11.6 Å². The number of ether oxygens (including phenoxy) is 1. The van der Waals surface area contributed by atoms with E-state index in [4.69, 9.17) is 16.3 Å². The van der Waals surface area contributed by atoms with E-state index in [0.717, 1.165) is 13.0 Å². The molecule has 0 aliphatic carbocycles. The quantitative estimate of drug-likeness (QED) is 0.902. The van der Waals surface area contributed by atoms with Gasteiger partial charge < -0.3 is 10.1 Å². The van der Waals surface area contributed by atoms with E-state index >= 15 is 0 Å². The number of nitrogens with one attached hydrogen (secondary N) is 1. The van der Waals surface area contributed by atoms with Crippen molar-refractivity contribution >= 4 is 11.6 Å². The molecule has 1 saturated heterocycles. The Hall–Kier alpha value is -0.870. The van der Waals surface area contributed by atoms with E-state index in [1.165, 1.54) is 31.5 Å². The van der Waals surface area contributed by atoms with Gasteiger partial charge in [0, 0.05) is 12.2 Å². The van der Waals surface area contributed by atoms with E-state index in [1.54, 1.807) is 0 Å². The molecule has 0 bridgehead atoms. The molecule has 1 aliphatic heterocycles. The zero-order valence-electron chi connectivity index (χ0n) is 9.59. The topological polar surface area (TPSA) is 34.1 Å². The van der Waals surface area contributed by atoms with Gasteiger partial charge in [0.2, 0.25) is 5.88 Å². The third-order valence-corrected chi connectivity index (χ3v) is 3.10. The first-order chi connectivity index (χ1) is 8.25. The molecule has 0 spiro atoms. The van der Waals surface area contributed by atoms with Crippen LogP contribution in [0, 0.1) is 5.82 Å². The standard InChI is InChI=1S/C12H16ClFN2O/c13-9-7-11(14)12(16-8-9)17-6-4-10-3-1-2-5-15-10/h7-8,10,15H,1-6H2. The fraction of sp³-hybridized carbons (Fsp3) is 0.583. The van der Waals surface area contributed by atoms with Crippen molar-refractivity contribution in [3.8, 4) is 5.88 Å². The Bertz CT molecular complexity index is 370. The molecular weight excluding hydrogens is 243 g/mol. The van der Waals surface area contributed by atoms with Crippen molar-refractivity contribution in [3.05, 3.63) is 23.1 Å². The molecule has 94 valence electrons. The fourth-order valence-electron chi connectivity index (χ4n) is 1.98. The molecule has 5 heteroatoms. The summed E-state index contributed by atoms with van der Waals surface area (Å²) in [4.78, 5) is 3.81. The first-order valence-electron chi connectivity index (χ1n) is 5.93. The van der Waals surface area contributed by atoms with Crippen LogP contribution in [0.3, 0.4) is 0 Å². The van der Waals surface area contributed by atoms with E-state index in [9.17, 15) is 4.39 Å². The molecule has 1 aromatic rings. The highest BCUT2D eigenvalue weighted by Gasteiger charge is 2.13. The van der Waals surface area contributed by atoms with Gasteiger partial charge in [-0.05, 0) is 31.9 Å². The molecule has 1 N–H and O–H groups in total. The van der Waals surface area contributed by atoms with E-state index in [2.05, 4.69) is 10.3 Å². The molecule has 0 amide bonds. The van der Waals surface area contributed by atoms with Crippen LogP contribution in [-0.2, 0) is 0 Å². The molecule has 0 aromatic carbocycles. The van der Waals surface area contributed by atoms with Gasteiger partial charge in [0.25, 0.3) is 0 Å². The maximum absolute atomic E-state index is 13.3. The van der Waals surface area contributed by atoms with E-state index in [1.807, 2.05) is 0 Å². The zero-order chi connectivity index (χ0) is 12.1. The SMILES string of the molecule is Fc1cc(Cl)cnc1OCCC1CCCCN1. The number of rotatable bonds is 4. The number of aromatic nitrogens is 1. The second-order valence-electron chi connectivity index (χ2n) is 4.22. The lowest BCUT2D eigenvalue weighted by Gasteiger charge is -2.23. The zero-order valence-corrected chi connectivity index (χ0v) is 10.3. The van der Waals surface area contributed by atoms with Crippen LogP contribution in [-0.4, -0.2) is 24.2 Å². The van der Waals surface area contributed by atoms with Gasteiger partial charge in [-0.2, -0.15) is 0 Å². The number of halogens is 2. The molecule has 2 heterocycles. The smallest absolute Gasteiger partial charge is 0.250 e. The molecule has 0 saturated carbocycles. The van der Waals surface area contributed by atoms with Crippen molar-refractivity contribution in [2.24, 2.45) is 0 Å². The Labute approximate surface area is 105 Å². The highest BCUT2D eigenvalue weighted by atomic mass is 35.5. The summed E-state index contributed by atoms with van der Waals surface area (Å²) in [7, 11) is 0. The normalized spacial score (nSPS) is 20.2. The summed E-state index contributed by atoms with van der Waals surface area (Å²) in [6.45, 7) is 1.54. The Balaban J connectivity index is 1.77. The molecule has 1 fully saturated rings. The average Bonchev–Trinajstić information content (AvgIpc) is 2.33. The second kappa shape index (κ2) is 6.17. The summed E-state index contributed by atoms with van der Waals surface area (Å²) in [5.74, 6) is -0.473. The first kappa shape index (κ1) is 12.6. The molecule has 1 atom stereocenters. The molecular formula is C12H16ClFN2O. The van der Waals surface area contributed by atoms with Crippen molar-refractivity contribution in [3.63, 3.8) is 0 Å². The summed E-state index contributed by atoms with van der Waals surface area (Å²) in [6.07, 6.45) is 5.93. The summed E-state index contributed by atoms with van der Waals surface area (Å²) < 4.78 is 18.6. The minimum atomic E-state index is -0.505. The minimum Gasteiger partial charge on any atom is -0.476 e. The fourth-order valence-corrected chi connectivity index (χ4v) is 2.12. The summed E-state index contributed by atoms with van der Waals surface area (Å²) >= 11 is 5.60. The van der Waals surface area contributed by atoms with Crippen LogP contribution < -0.4 is 10.1 Å². The monoisotopic (exact) mass is 258 g/mol. The van der Waals surface area contributed by atoms with Crippen LogP contribution in [0.4, 0.5) is 4.39 Å². The Morgan fingerprint density at radius 3 is 3.12 bits per heavy atom. The van der Waals surface area contributed by atoms with Crippen LogP contribution in [0.1, 0.15) is 25.7 Å². The molecule has 3 nitrogen and oxygen atoms in total. The van der Waals surface area contributed by atoms with E-state index in [-0.39, 0.29) is 10.9 Å². The van der Waals surface area contributed by atoms with Crippen molar-refractivity contribution < 1.29 is 9.13 Å².